The van der Waals surface area contributed by atoms with Crippen LogP contribution >= 0.6 is 0 Å². The van der Waals surface area contributed by atoms with Gasteiger partial charge in [0.1, 0.15) is 23.1 Å². The number of hydrogen-bond acceptors (Lipinski definition) is 4. The van der Waals surface area contributed by atoms with Crippen molar-refractivity contribution in [2.45, 2.75) is 25.1 Å². The normalized spacial score (nSPS) is 14.2. The van der Waals surface area contributed by atoms with Crippen molar-refractivity contribution in [1.29, 1.82) is 0 Å². The van der Waals surface area contributed by atoms with Gasteiger partial charge in [-0.05, 0) is 31.2 Å². The number of aromatic hydroxyl groups is 1. The molecule has 2 rings (SSSR count). The average molecular weight is 347 g/mol. The summed E-state index contributed by atoms with van der Waals surface area (Å²) in [5, 5.41) is 21.0. The lowest BCUT2D eigenvalue weighted by Crippen LogP contribution is -2.44. The summed E-state index contributed by atoms with van der Waals surface area (Å²) in [4.78, 5) is 11.9. The fourth-order valence-electron chi connectivity index (χ4n) is 2.02. The molecule has 1 aromatic carbocycles. The van der Waals surface area contributed by atoms with Crippen LogP contribution in [0.15, 0.2) is 34.7 Å². The molecular formula is C15H13F4NO4. The number of furan rings is 1. The molecule has 0 bridgehead atoms. The third kappa shape index (κ3) is 3.51. The Morgan fingerprint density at radius 3 is 2.42 bits per heavy atom. The van der Waals surface area contributed by atoms with Crippen molar-refractivity contribution < 1.29 is 37.0 Å². The molecule has 1 amide bonds. The molecule has 0 aliphatic heterocycles. The molecule has 0 radical (unpaired) electrons. The first-order chi connectivity index (χ1) is 11.0. The maximum Gasteiger partial charge on any atom is 0.425 e. The summed E-state index contributed by atoms with van der Waals surface area (Å²) >= 11 is 0. The second-order valence-electron chi connectivity index (χ2n) is 5.16. The number of carbonyl (C=O) groups is 1. The van der Waals surface area contributed by atoms with E-state index in [1.165, 1.54) is 13.0 Å². The smallest absolute Gasteiger partial charge is 0.425 e. The van der Waals surface area contributed by atoms with E-state index in [9.17, 15) is 27.5 Å². The molecule has 24 heavy (non-hydrogen) atoms. The Morgan fingerprint density at radius 2 is 1.92 bits per heavy atom. The molecule has 0 fully saturated rings. The molecule has 1 atom stereocenters. The monoisotopic (exact) mass is 347 g/mol. The highest BCUT2D eigenvalue weighted by molar-refractivity contribution is 5.91. The first-order valence-electron chi connectivity index (χ1n) is 6.67. The molecule has 5 nitrogen and oxygen atoms in total. The summed E-state index contributed by atoms with van der Waals surface area (Å²) in [6.07, 6.45) is -6.62. The number of carbonyl (C=O) groups excluding carboxylic acids is 1. The zero-order valence-corrected chi connectivity index (χ0v) is 12.3. The number of aliphatic hydroxyl groups is 1. The summed E-state index contributed by atoms with van der Waals surface area (Å²) in [5.41, 5.74) is -3.99. The van der Waals surface area contributed by atoms with Crippen molar-refractivity contribution >= 4 is 11.6 Å². The number of hydrogen-bond donors (Lipinski definition) is 3. The summed E-state index contributed by atoms with van der Waals surface area (Å²) in [7, 11) is 0. The van der Waals surface area contributed by atoms with E-state index in [0.717, 1.165) is 18.2 Å². The second kappa shape index (κ2) is 6.16. The van der Waals surface area contributed by atoms with Gasteiger partial charge < -0.3 is 19.9 Å². The van der Waals surface area contributed by atoms with Gasteiger partial charge in [0.25, 0.3) is 0 Å². The van der Waals surface area contributed by atoms with Crippen LogP contribution in [0.4, 0.5) is 23.2 Å². The number of alkyl halides is 3. The van der Waals surface area contributed by atoms with Gasteiger partial charge in [0.15, 0.2) is 0 Å². The van der Waals surface area contributed by atoms with Crippen LogP contribution in [0.5, 0.6) is 5.75 Å². The highest BCUT2D eigenvalue weighted by Gasteiger charge is 2.58. The largest absolute Gasteiger partial charge is 0.508 e. The van der Waals surface area contributed by atoms with E-state index in [4.69, 9.17) is 9.52 Å². The zero-order valence-electron chi connectivity index (χ0n) is 12.3. The third-order valence-electron chi connectivity index (χ3n) is 3.26. The summed E-state index contributed by atoms with van der Waals surface area (Å²) in [6.45, 7) is 1.38. The maximum absolute atomic E-state index is 13.5. The molecule has 0 spiro atoms. The highest BCUT2D eigenvalue weighted by Crippen LogP contribution is 2.42. The number of halogens is 4. The van der Waals surface area contributed by atoms with E-state index in [0.29, 0.717) is 6.07 Å². The molecule has 1 heterocycles. The van der Waals surface area contributed by atoms with E-state index in [1.807, 2.05) is 5.32 Å². The van der Waals surface area contributed by atoms with Crippen LogP contribution in [0.2, 0.25) is 0 Å². The summed E-state index contributed by atoms with van der Waals surface area (Å²) in [6, 6.07) is 4.83. The van der Waals surface area contributed by atoms with Crippen LogP contribution in [0.25, 0.3) is 0 Å². The standard InChI is InChI=1S/C15H13F4NO4/c1-8-2-5-12(24-8)14(23,15(17,18)19)7-13(22)20-11-4-3-9(21)6-10(11)16/h2-6,21,23H,7H2,1H3,(H,20,22)/t14-/m0/s1. The molecule has 2 aromatic rings. The predicted molar refractivity (Wildman–Crippen MR) is 74.7 cm³/mol. The molecule has 0 saturated carbocycles. The Bertz CT molecular complexity index is 756. The van der Waals surface area contributed by atoms with Crippen LogP contribution in [0, 0.1) is 12.7 Å². The zero-order chi connectivity index (χ0) is 18.1. The fraction of sp³-hybridized carbons (Fsp3) is 0.267. The molecule has 0 aliphatic rings. The molecule has 0 aliphatic carbocycles. The molecular weight excluding hydrogens is 334 g/mol. The number of phenolic OH excluding ortho intramolecular Hbond substituents is 1. The Morgan fingerprint density at radius 1 is 1.25 bits per heavy atom. The van der Waals surface area contributed by atoms with Crippen molar-refractivity contribution in [1.82, 2.24) is 0 Å². The Balaban J connectivity index is 2.25. The maximum atomic E-state index is 13.5. The second-order valence-corrected chi connectivity index (χ2v) is 5.16. The lowest BCUT2D eigenvalue weighted by molar-refractivity contribution is -0.272. The third-order valence-corrected chi connectivity index (χ3v) is 3.26. The molecule has 1 aromatic heterocycles. The number of phenols is 1. The number of amides is 1. The molecule has 3 N–H and O–H groups in total. The van der Waals surface area contributed by atoms with E-state index < -0.39 is 47.1 Å². The first-order valence-corrected chi connectivity index (χ1v) is 6.67. The Hall–Kier alpha value is -2.55. The lowest BCUT2D eigenvalue weighted by atomic mass is 9.95. The fourth-order valence-corrected chi connectivity index (χ4v) is 2.02. The SMILES string of the molecule is Cc1ccc([C@@](O)(CC(=O)Nc2ccc(O)cc2F)C(F)(F)F)o1. The van der Waals surface area contributed by atoms with Gasteiger partial charge in [0.2, 0.25) is 11.5 Å². The quantitative estimate of drug-likeness (QED) is 0.586. The summed E-state index contributed by atoms with van der Waals surface area (Å²) < 4.78 is 58.0. The van der Waals surface area contributed by atoms with Crippen LogP contribution in [-0.2, 0) is 10.4 Å². The molecule has 0 saturated heterocycles. The van der Waals surface area contributed by atoms with E-state index in [-0.39, 0.29) is 5.76 Å². The molecule has 0 unspecified atom stereocenters. The van der Waals surface area contributed by atoms with Crippen molar-refractivity contribution in [3.05, 3.63) is 47.7 Å². The molecule has 9 heteroatoms. The van der Waals surface area contributed by atoms with Crippen LogP contribution in [0.1, 0.15) is 17.9 Å². The van der Waals surface area contributed by atoms with Gasteiger partial charge in [-0.25, -0.2) is 4.39 Å². The number of nitrogens with one attached hydrogen (secondary N) is 1. The van der Waals surface area contributed by atoms with Gasteiger partial charge in [0, 0.05) is 6.07 Å². The number of anilines is 1. The highest BCUT2D eigenvalue weighted by atomic mass is 19.4. The van der Waals surface area contributed by atoms with Crippen molar-refractivity contribution in [3.63, 3.8) is 0 Å². The van der Waals surface area contributed by atoms with Crippen molar-refractivity contribution in [2.24, 2.45) is 0 Å². The van der Waals surface area contributed by atoms with Gasteiger partial charge in [0.05, 0.1) is 12.1 Å². The van der Waals surface area contributed by atoms with Gasteiger partial charge in [-0.3, -0.25) is 4.79 Å². The number of aryl methyl sites for hydroxylation is 1. The van der Waals surface area contributed by atoms with Crippen molar-refractivity contribution in [3.8, 4) is 5.75 Å². The van der Waals surface area contributed by atoms with Gasteiger partial charge in [-0.1, -0.05) is 0 Å². The first kappa shape index (κ1) is 17.8. The van der Waals surface area contributed by atoms with Crippen LogP contribution < -0.4 is 5.32 Å². The van der Waals surface area contributed by atoms with Crippen molar-refractivity contribution in [2.75, 3.05) is 5.32 Å². The van der Waals surface area contributed by atoms with E-state index in [2.05, 4.69) is 0 Å². The molecule has 130 valence electrons. The predicted octanol–water partition coefficient (Wildman–Crippen LogP) is 3.21. The topological polar surface area (TPSA) is 82.7 Å². The Labute approximate surface area is 133 Å². The minimum Gasteiger partial charge on any atom is -0.508 e. The van der Waals surface area contributed by atoms with E-state index in [1.54, 1.807) is 0 Å². The number of benzene rings is 1. The number of rotatable bonds is 4. The summed E-state index contributed by atoms with van der Waals surface area (Å²) in [5.74, 6) is -3.45. The lowest BCUT2D eigenvalue weighted by Gasteiger charge is -2.28. The van der Waals surface area contributed by atoms with Gasteiger partial charge in [-0.2, -0.15) is 13.2 Å². The minimum atomic E-state index is -5.19. The van der Waals surface area contributed by atoms with Crippen LogP contribution in [-0.4, -0.2) is 22.3 Å². The van der Waals surface area contributed by atoms with Gasteiger partial charge >= 0.3 is 6.18 Å². The van der Waals surface area contributed by atoms with Gasteiger partial charge in [-0.15, -0.1) is 0 Å². The van der Waals surface area contributed by atoms with E-state index >= 15 is 0 Å². The average Bonchev–Trinajstić information content (AvgIpc) is 2.87. The Kier molecular flexibility index (Phi) is 4.57. The van der Waals surface area contributed by atoms with Crippen LogP contribution in [0.3, 0.4) is 0 Å². The minimum absolute atomic E-state index is 0.123.